The predicted molar refractivity (Wildman–Crippen MR) is 54.8 cm³/mol. The van der Waals surface area contributed by atoms with Crippen LogP contribution in [0.3, 0.4) is 0 Å². The summed E-state index contributed by atoms with van der Waals surface area (Å²) in [7, 11) is 2.15. The molecule has 1 aliphatic rings. The third-order valence-corrected chi connectivity index (χ3v) is 2.70. The Hall–Kier alpha value is -0.120. The standard InChI is InChI=1S/C10H22N2O/c1-3-11-4-5-12(2)8-9-6-10(13)7-9/h9-11,13H,3-8H2,1-2H3. The van der Waals surface area contributed by atoms with E-state index in [0.717, 1.165) is 44.9 Å². The number of aliphatic hydroxyl groups is 1. The van der Waals surface area contributed by atoms with Crippen molar-refractivity contribution in [3.63, 3.8) is 0 Å². The Balaban J connectivity index is 1.95. The van der Waals surface area contributed by atoms with Crippen LogP contribution in [-0.4, -0.2) is 49.3 Å². The van der Waals surface area contributed by atoms with Crippen molar-refractivity contribution < 1.29 is 5.11 Å². The molecular formula is C10H22N2O. The van der Waals surface area contributed by atoms with E-state index in [9.17, 15) is 0 Å². The molecule has 0 spiro atoms. The summed E-state index contributed by atoms with van der Waals surface area (Å²) >= 11 is 0. The molecule has 0 aromatic heterocycles. The van der Waals surface area contributed by atoms with Crippen molar-refractivity contribution in [3.05, 3.63) is 0 Å². The molecule has 0 bridgehead atoms. The Labute approximate surface area is 81.1 Å². The molecule has 1 rings (SSSR count). The average molecular weight is 186 g/mol. The second-order valence-electron chi connectivity index (χ2n) is 4.11. The van der Waals surface area contributed by atoms with Gasteiger partial charge in [0.2, 0.25) is 0 Å². The van der Waals surface area contributed by atoms with E-state index in [0.29, 0.717) is 0 Å². The SMILES string of the molecule is CCNCCN(C)CC1CC(O)C1. The van der Waals surface area contributed by atoms with Crippen LogP contribution in [0.4, 0.5) is 0 Å². The highest BCUT2D eigenvalue weighted by atomic mass is 16.3. The zero-order chi connectivity index (χ0) is 9.68. The van der Waals surface area contributed by atoms with Crippen molar-refractivity contribution in [1.29, 1.82) is 0 Å². The van der Waals surface area contributed by atoms with Gasteiger partial charge in [-0.25, -0.2) is 0 Å². The van der Waals surface area contributed by atoms with Gasteiger partial charge in [-0.1, -0.05) is 6.92 Å². The molecule has 0 saturated heterocycles. The molecule has 1 aliphatic carbocycles. The maximum Gasteiger partial charge on any atom is 0.0546 e. The van der Waals surface area contributed by atoms with E-state index in [1.807, 2.05) is 0 Å². The van der Waals surface area contributed by atoms with Crippen molar-refractivity contribution in [2.24, 2.45) is 5.92 Å². The van der Waals surface area contributed by atoms with Crippen molar-refractivity contribution in [2.75, 3.05) is 33.2 Å². The Morgan fingerprint density at radius 2 is 2.15 bits per heavy atom. The summed E-state index contributed by atoms with van der Waals surface area (Å²) in [5, 5.41) is 12.4. The van der Waals surface area contributed by atoms with Gasteiger partial charge in [0.1, 0.15) is 0 Å². The number of nitrogens with one attached hydrogen (secondary N) is 1. The van der Waals surface area contributed by atoms with Gasteiger partial charge in [0.05, 0.1) is 6.10 Å². The summed E-state index contributed by atoms with van der Waals surface area (Å²) in [4.78, 5) is 2.35. The maximum absolute atomic E-state index is 9.11. The quantitative estimate of drug-likeness (QED) is 0.586. The van der Waals surface area contributed by atoms with Crippen LogP contribution in [0.1, 0.15) is 19.8 Å². The lowest BCUT2D eigenvalue weighted by atomic mass is 9.82. The first-order valence-corrected chi connectivity index (χ1v) is 5.29. The molecule has 1 fully saturated rings. The van der Waals surface area contributed by atoms with Crippen LogP contribution < -0.4 is 5.32 Å². The summed E-state index contributed by atoms with van der Waals surface area (Å²) in [5.41, 5.74) is 0. The lowest BCUT2D eigenvalue weighted by Gasteiger charge is -2.34. The molecule has 0 aromatic rings. The normalized spacial score (nSPS) is 27.7. The number of nitrogens with zero attached hydrogens (tertiary/aromatic N) is 1. The Morgan fingerprint density at radius 3 is 2.69 bits per heavy atom. The zero-order valence-corrected chi connectivity index (χ0v) is 8.79. The second-order valence-corrected chi connectivity index (χ2v) is 4.11. The van der Waals surface area contributed by atoms with Gasteiger partial charge in [-0.05, 0) is 32.4 Å². The fourth-order valence-corrected chi connectivity index (χ4v) is 1.83. The van der Waals surface area contributed by atoms with E-state index >= 15 is 0 Å². The lowest BCUT2D eigenvalue weighted by Crippen LogP contribution is -2.39. The molecule has 13 heavy (non-hydrogen) atoms. The van der Waals surface area contributed by atoms with Gasteiger partial charge in [-0.3, -0.25) is 0 Å². The number of rotatable bonds is 6. The molecule has 1 saturated carbocycles. The van der Waals surface area contributed by atoms with E-state index in [2.05, 4.69) is 24.2 Å². The fourth-order valence-electron chi connectivity index (χ4n) is 1.83. The van der Waals surface area contributed by atoms with Crippen LogP contribution in [0, 0.1) is 5.92 Å². The van der Waals surface area contributed by atoms with Crippen LogP contribution >= 0.6 is 0 Å². The Bertz CT molecular complexity index is 135. The van der Waals surface area contributed by atoms with E-state index in [4.69, 9.17) is 5.11 Å². The van der Waals surface area contributed by atoms with E-state index in [1.54, 1.807) is 0 Å². The number of aliphatic hydroxyl groups excluding tert-OH is 1. The van der Waals surface area contributed by atoms with Crippen LogP contribution in [0.25, 0.3) is 0 Å². The van der Waals surface area contributed by atoms with Crippen LogP contribution in [0.2, 0.25) is 0 Å². The minimum absolute atomic E-state index is 0.00725. The molecule has 0 aliphatic heterocycles. The smallest absolute Gasteiger partial charge is 0.0546 e. The minimum atomic E-state index is -0.00725. The molecule has 0 atom stereocenters. The molecule has 3 nitrogen and oxygen atoms in total. The van der Waals surface area contributed by atoms with Gasteiger partial charge in [-0.15, -0.1) is 0 Å². The maximum atomic E-state index is 9.11. The molecular weight excluding hydrogens is 164 g/mol. The monoisotopic (exact) mass is 186 g/mol. The first-order chi connectivity index (χ1) is 6.22. The fraction of sp³-hybridized carbons (Fsp3) is 1.00. The number of hydrogen-bond acceptors (Lipinski definition) is 3. The highest BCUT2D eigenvalue weighted by Gasteiger charge is 2.27. The van der Waals surface area contributed by atoms with E-state index < -0.39 is 0 Å². The highest BCUT2D eigenvalue weighted by molar-refractivity contribution is 4.80. The molecule has 0 aromatic carbocycles. The first-order valence-electron chi connectivity index (χ1n) is 5.29. The third kappa shape index (κ3) is 4.07. The third-order valence-electron chi connectivity index (χ3n) is 2.70. The van der Waals surface area contributed by atoms with Crippen LogP contribution in [0.15, 0.2) is 0 Å². The van der Waals surface area contributed by atoms with Gasteiger partial charge < -0.3 is 15.3 Å². The zero-order valence-electron chi connectivity index (χ0n) is 8.79. The van der Waals surface area contributed by atoms with E-state index in [1.165, 1.54) is 0 Å². The summed E-state index contributed by atoms with van der Waals surface area (Å²) in [6.45, 7) is 6.50. The van der Waals surface area contributed by atoms with Crippen molar-refractivity contribution in [1.82, 2.24) is 10.2 Å². The molecule has 0 heterocycles. The van der Waals surface area contributed by atoms with Gasteiger partial charge in [-0.2, -0.15) is 0 Å². The van der Waals surface area contributed by atoms with Gasteiger partial charge in [0.25, 0.3) is 0 Å². The largest absolute Gasteiger partial charge is 0.393 e. The average Bonchev–Trinajstić information content (AvgIpc) is 2.02. The summed E-state index contributed by atoms with van der Waals surface area (Å²) in [6.07, 6.45) is 2.00. The molecule has 2 N–H and O–H groups in total. The lowest BCUT2D eigenvalue weighted by molar-refractivity contribution is 0.0286. The van der Waals surface area contributed by atoms with Crippen LogP contribution in [-0.2, 0) is 0 Å². The van der Waals surface area contributed by atoms with Gasteiger partial charge in [0, 0.05) is 19.6 Å². The summed E-state index contributed by atoms with van der Waals surface area (Å²) in [6, 6.07) is 0. The minimum Gasteiger partial charge on any atom is -0.393 e. The van der Waals surface area contributed by atoms with Crippen molar-refractivity contribution in [3.8, 4) is 0 Å². The molecule has 0 unspecified atom stereocenters. The summed E-state index contributed by atoms with van der Waals surface area (Å²) in [5.74, 6) is 0.738. The summed E-state index contributed by atoms with van der Waals surface area (Å²) < 4.78 is 0. The molecule has 78 valence electrons. The van der Waals surface area contributed by atoms with Crippen LogP contribution in [0.5, 0.6) is 0 Å². The van der Waals surface area contributed by atoms with E-state index in [-0.39, 0.29) is 6.10 Å². The van der Waals surface area contributed by atoms with Gasteiger partial charge >= 0.3 is 0 Å². The molecule has 0 radical (unpaired) electrons. The topological polar surface area (TPSA) is 35.5 Å². The Kier molecular flexibility index (Phi) is 4.70. The first kappa shape index (κ1) is 11.0. The predicted octanol–water partition coefficient (Wildman–Crippen LogP) is 0.299. The highest BCUT2D eigenvalue weighted by Crippen LogP contribution is 2.27. The van der Waals surface area contributed by atoms with Crippen molar-refractivity contribution >= 4 is 0 Å². The Morgan fingerprint density at radius 1 is 1.46 bits per heavy atom. The molecule has 3 heteroatoms. The van der Waals surface area contributed by atoms with Gasteiger partial charge in [0.15, 0.2) is 0 Å². The second kappa shape index (κ2) is 5.58. The van der Waals surface area contributed by atoms with Crippen molar-refractivity contribution in [2.45, 2.75) is 25.9 Å². The number of hydrogen-bond donors (Lipinski definition) is 2. The molecule has 0 amide bonds. The number of likely N-dealkylation sites (N-methyl/N-ethyl adjacent to an activating group) is 2.